The van der Waals surface area contributed by atoms with Crippen LogP contribution in [0.5, 0.6) is 0 Å². The first-order chi connectivity index (χ1) is 3.66. The summed E-state index contributed by atoms with van der Waals surface area (Å²) in [6, 6.07) is 0. The highest BCUT2D eigenvalue weighted by Gasteiger charge is 2.01. The number of hydrogen-bond donors (Lipinski definition) is 1. The van der Waals surface area contributed by atoms with Crippen LogP contribution in [0.1, 0.15) is 13.8 Å². The van der Waals surface area contributed by atoms with E-state index in [1.54, 1.807) is 13.8 Å². The van der Waals surface area contributed by atoms with Crippen LogP contribution in [0.3, 0.4) is 0 Å². The smallest absolute Gasteiger partial charge is 0.152 e. The molecule has 50 valence electrons. The highest BCUT2D eigenvalue weighted by molar-refractivity contribution is 6.18. The van der Waals surface area contributed by atoms with Crippen LogP contribution >= 0.6 is 11.6 Å². The van der Waals surface area contributed by atoms with Gasteiger partial charge in [0.15, 0.2) is 6.29 Å². The van der Waals surface area contributed by atoms with Crippen molar-refractivity contribution < 1.29 is 9.84 Å². The first-order valence-electron chi connectivity index (χ1n) is 2.56. The molecule has 2 unspecified atom stereocenters. The Balaban J connectivity index is 3.10. The van der Waals surface area contributed by atoms with Crippen molar-refractivity contribution in [1.82, 2.24) is 0 Å². The van der Waals surface area contributed by atoms with Gasteiger partial charge in [0.25, 0.3) is 0 Å². The molecule has 0 bridgehead atoms. The molecule has 8 heavy (non-hydrogen) atoms. The maximum Gasteiger partial charge on any atom is 0.152 e. The highest BCUT2D eigenvalue weighted by atomic mass is 35.5. The van der Waals surface area contributed by atoms with E-state index in [4.69, 9.17) is 21.4 Å². The van der Waals surface area contributed by atoms with Crippen molar-refractivity contribution in [1.29, 1.82) is 0 Å². The summed E-state index contributed by atoms with van der Waals surface area (Å²) in [6.45, 7) is 3.36. The fourth-order valence-corrected chi connectivity index (χ4v) is 0.445. The molecule has 0 saturated heterocycles. The second kappa shape index (κ2) is 4.13. The number of aliphatic hydroxyl groups is 1. The molecular formula is C5H11ClO2. The van der Waals surface area contributed by atoms with Gasteiger partial charge in [0, 0.05) is 5.88 Å². The maximum atomic E-state index is 8.57. The van der Waals surface area contributed by atoms with Gasteiger partial charge in [-0.3, -0.25) is 0 Å². The van der Waals surface area contributed by atoms with Crippen LogP contribution in [0.4, 0.5) is 0 Å². The number of rotatable bonds is 3. The maximum absolute atomic E-state index is 8.57. The number of aliphatic hydroxyl groups excluding tert-OH is 1. The van der Waals surface area contributed by atoms with Crippen molar-refractivity contribution in [2.75, 3.05) is 5.88 Å². The molecule has 0 saturated carbocycles. The quantitative estimate of drug-likeness (QED) is 0.465. The monoisotopic (exact) mass is 138 g/mol. The Hall–Kier alpha value is 0.210. The van der Waals surface area contributed by atoms with Crippen LogP contribution in [-0.4, -0.2) is 23.4 Å². The molecule has 0 aromatic carbocycles. The van der Waals surface area contributed by atoms with E-state index in [-0.39, 0.29) is 6.10 Å². The van der Waals surface area contributed by atoms with Gasteiger partial charge in [0.2, 0.25) is 0 Å². The van der Waals surface area contributed by atoms with E-state index < -0.39 is 6.29 Å². The molecule has 3 heteroatoms. The fourth-order valence-electron chi connectivity index (χ4n) is 0.373. The lowest BCUT2D eigenvalue weighted by Gasteiger charge is -2.10. The minimum Gasteiger partial charge on any atom is -0.368 e. The Morgan fingerprint density at radius 2 is 2.12 bits per heavy atom. The first kappa shape index (κ1) is 8.21. The molecule has 0 aromatic rings. The van der Waals surface area contributed by atoms with E-state index in [0.717, 1.165) is 0 Å². The Kier molecular flexibility index (Phi) is 4.23. The standard InChI is InChI=1S/C5H11ClO2/c1-4(3-6)8-5(2)7/h4-5,7H,3H2,1-2H3. The van der Waals surface area contributed by atoms with Crippen LogP contribution in [0, 0.1) is 0 Å². The molecule has 0 aliphatic heterocycles. The van der Waals surface area contributed by atoms with Crippen LogP contribution in [0.15, 0.2) is 0 Å². The SMILES string of the molecule is CC(O)OC(C)CCl. The van der Waals surface area contributed by atoms with Crippen LogP contribution < -0.4 is 0 Å². The Labute approximate surface area is 54.4 Å². The van der Waals surface area contributed by atoms with Crippen molar-refractivity contribution in [3.05, 3.63) is 0 Å². The highest BCUT2D eigenvalue weighted by Crippen LogP contribution is 1.95. The summed E-state index contributed by atoms with van der Waals surface area (Å²) in [6.07, 6.45) is -0.764. The molecule has 0 fully saturated rings. The molecule has 0 aromatic heterocycles. The summed E-state index contributed by atoms with van der Waals surface area (Å²) in [5.74, 6) is 0.422. The zero-order chi connectivity index (χ0) is 6.57. The average Bonchev–Trinajstić information content (AvgIpc) is 1.65. The zero-order valence-corrected chi connectivity index (χ0v) is 5.85. The summed E-state index contributed by atoms with van der Waals surface area (Å²) in [5.41, 5.74) is 0. The van der Waals surface area contributed by atoms with Crippen LogP contribution in [0.25, 0.3) is 0 Å². The number of halogens is 1. The van der Waals surface area contributed by atoms with Crippen LogP contribution in [0.2, 0.25) is 0 Å². The van der Waals surface area contributed by atoms with Crippen molar-refractivity contribution >= 4 is 11.6 Å². The Bertz CT molecular complexity index is 56.4. The third kappa shape index (κ3) is 4.37. The average molecular weight is 139 g/mol. The normalized spacial score (nSPS) is 18.0. The molecule has 0 spiro atoms. The molecule has 2 atom stereocenters. The molecule has 2 nitrogen and oxygen atoms in total. The topological polar surface area (TPSA) is 29.5 Å². The molecule has 0 rings (SSSR count). The minimum atomic E-state index is -0.705. The second-order valence-corrected chi connectivity index (χ2v) is 2.01. The second-order valence-electron chi connectivity index (χ2n) is 1.70. The minimum absolute atomic E-state index is 0.0586. The van der Waals surface area contributed by atoms with Crippen molar-refractivity contribution in [3.8, 4) is 0 Å². The van der Waals surface area contributed by atoms with E-state index in [1.165, 1.54) is 0 Å². The third-order valence-electron chi connectivity index (χ3n) is 0.647. The van der Waals surface area contributed by atoms with Gasteiger partial charge in [-0.05, 0) is 13.8 Å². The molecule has 0 aliphatic carbocycles. The molecule has 0 aliphatic rings. The van der Waals surface area contributed by atoms with Crippen molar-refractivity contribution in [2.24, 2.45) is 0 Å². The van der Waals surface area contributed by atoms with E-state index in [2.05, 4.69) is 0 Å². The van der Waals surface area contributed by atoms with Crippen molar-refractivity contribution in [2.45, 2.75) is 26.2 Å². The fraction of sp³-hybridized carbons (Fsp3) is 1.00. The van der Waals surface area contributed by atoms with Gasteiger partial charge in [-0.1, -0.05) is 0 Å². The van der Waals surface area contributed by atoms with E-state index in [0.29, 0.717) is 5.88 Å². The number of alkyl halides is 1. The van der Waals surface area contributed by atoms with Gasteiger partial charge in [0.1, 0.15) is 0 Å². The van der Waals surface area contributed by atoms with Crippen molar-refractivity contribution in [3.63, 3.8) is 0 Å². The summed E-state index contributed by atoms with van der Waals surface area (Å²) in [5, 5.41) is 8.57. The van der Waals surface area contributed by atoms with Gasteiger partial charge >= 0.3 is 0 Å². The van der Waals surface area contributed by atoms with E-state index in [9.17, 15) is 0 Å². The molecule has 0 amide bonds. The lowest BCUT2D eigenvalue weighted by atomic mass is 10.5. The predicted octanol–water partition coefficient (Wildman–Crippen LogP) is 0.969. The largest absolute Gasteiger partial charge is 0.368 e. The Morgan fingerprint density at radius 3 is 2.25 bits per heavy atom. The first-order valence-corrected chi connectivity index (χ1v) is 3.09. The van der Waals surface area contributed by atoms with E-state index >= 15 is 0 Å². The Morgan fingerprint density at radius 1 is 1.62 bits per heavy atom. The number of ether oxygens (including phenoxy) is 1. The lowest BCUT2D eigenvalue weighted by molar-refractivity contribution is -0.111. The van der Waals surface area contributed by atoms with Crippen LogP contribution in [-0.2, 0) is 4.74 Å². The summed E-state index contributed by atoms with van der Waals surface area (Å²) < 4.78 is 4.82. The predicted molar refractivity (Wildman–Crippen MR) is 32.9 cm³/mol. The summed E-state index contributed by atoms with van der Waals surface area (Å²) >= 11 is 5.36. The third-order valence-corrected chi connectivity index (χ3v) is 1.08. The molecule has 0 heterocycles. The molecular weight excluding hydrogens is 128 g/mol. The molecule has 0 radical (unpaired) electrons. The van der Waals surface area contributed by atoms with Gasteiger partial charge in [0.05, 0.1) is 6.10 Å². The lowest BCUT2D eigenvalue weighted by Crippen LogP contribution is -2.17. The van der Waals surface area contributed by atoms with Gasteiger partial charge in [-0.2, -0.15) is 0 Å². The van der Waals surface area contributed by atoms with Gasteiger partial charge in [-0.25, -0.2) is 0 Å². The van der Waals surface area contributed by atoms with E-state index in [1.807, 2.05) is 0 Å². The van der Waals surface area contributed by atoms with Gasteiger partial charge < -0.3 is 9.84 Å². The van der Waals surface area contributed by atoms with Gasteiger partial charge in [-0.15, -0.1) is 11.6 Å². The number of hydrogen-bond acceptors (Lipinski definition) is 2. The zero-order valence-electron chi connectivity index (χ0n) is 5.10. The summed E-state index contributed by atoms with van der Waals surface area (Å²) in [7, 11) is 0. The molecule has 1 N–H and O–H groups in total. The summed E-state index contributed by atoms with van der Waals surface area (Å²) in [4.78, 5) is 0.